The number of hydrogen-bond acceptors (Lipinski definition) is 1. The predicted molar refractivity (Wildman–Crippen MR) is 223 cm³/mol. The molecule has 0 amide bonds. The molecule has 3 aliphatic rings. The zero-order chi connectivity index (χ0) is 35.3. The third-order valence-electron chi connectivity index (χ3n) is 13.5. The lowest BCUT2D eigenvalue weighted by Crippen LogP contribution is -2.49. The summed E-state index contributed by atoms with van der Waals surface area (Å²) in [5.74, 6) is 2.88. The van der Waals surface area contributed by atoms with Crippen molar-refractivity contribution in [3.05, 3.63) is 169 Å². The van der Waals surface area contributed by atoms with Gasteiger partial charge in [-0.2, -0.15) is 0 Å². The van der Waals surface area contributed by atoms with Crippen molar-refractivity contribution in [3.63, 3.8) is 0 Å². The minimum Gasteiger partial charge on any atom is -0.310 e. The minimum absolute atomic E-state index is 0.0396. The summed E-state index contributed by atoms with van der Waals surface area (Å²) in [6.07, 6.45) is 5.38. The van der Waals surface area contributed by atoms with Crippen LogP contribution in [-0.4, -0.2) is 4.57 Å². The van der Waals surface area contributed by atoms with Gasteiger partial charge in [0.25, 0.3) is 0 Å². The molecule has 1 aromatic heterocycles. The maximum absolute atomic E-state index is 2.61. The lowest BCUT2D eigenvalue weighted by molar-refractivity contribution is 0.0426. The Labute approximate surface area is 312 Å². The monoisotopic (exact) mass is 684 g/mol. The summed E-state index contributed by atoms with van der Waals surface area (Å²) in [4.78, 5) is 2.52. The Bertz CT molecular complexity index is 2640. The first-order valence-corrected chi connectivity index (χ1v) is 19.7. The standard InChI is InChI=1S/C51H44N2/c1-33-28-35-30-34(2)51(37(29-33)31-35)46-18-8-5-15-42(46)43-27-26-40(32-47(43)51)52(48-21-11-13-36-12-3-4-14-41(36)48)38-22-24-39(25-23-38)53-49-19-9-6-16-44(49)45-17-7-10-20-50(45)53/h3-27,32-35,37H,28-31H2,1-2H3/t33-,34+,35-,37-,51?/m0/s1. The molecule has 7 aromatic carbocycles. The summed E-state index contributed by atoms with van der Waals surface area (Å²) < 4.78 is 2.41. The highest BCUT2D eigenvalue weighted by atomic mass is 15.1. The Balaban J connectivity index is 1.11. The third-order valence-corrected chi connectivity index (χ3v) is 13.5. The number of aromatic nitrogens is 1. The van der Waals surface area contributed by atoms with Crippen molar-refractivity contribution < 1.29 is 0 Å². The second-order valence-corrected chi connectivity index (χ2v) is 16.4. The highest BCUT2D eigenvalue weighted by molar-refractivity contribution is 6.09. The van der Waals surface area contributed by atoms with Gasteiger partial charge in [0.1, 0.15) is 0 Å². The second-order valence-electron chi connectivity index (χ2n) is 16.4. The number of hydrogen-bond donors (Lipinski definition) is 0. The van der Waals surface area contributed by atoms with Gasteiger partial charge in [0, 0.05) is 38.6 Å². The van der Waals surface area contributed by atoms with Crippen LogP contribution in [0.15, 0.2) is 158 Å². The fraction of sp³-hybridized carbons (Fsp3) is 0.216. The zero-order valence-electron chi connectivity index (χ0n) is 30.5. The van der Waals surface area contributed by atoms with Gasteiger partial charge in [0.2, 0.25) is 0 Å². The molecule has 1 heterocycles. The highest BCUT2D eigenvalue weighted by Gasteiger charge is 2.56. The number of para-hydroxylation sites is 2. The first-order valence-electron chi connectivity index (χ1n) is 19.7. The van der Waals surface area contributed by atoms with E-state index in [9.17, 15) is 0 Å². The van der Waals surface area contributed by atoms with Crippen molar-refractivity contribution in [1.29, 1.82) is 0 Å². The van der Waals surface area contributed by atoms with Crippen molar-refractivity contribution in [2.24, 2.45) is 23.7 Å². The molecule has 2 fully saturated rings. The number of benzene rings is 7. The Hall–Kier alpha value is -5.60. The zero-order valence-corrected chi connectivity index (χ0v) is 30.5. The molecular weight excluding hydrogens is 641 g/mol. The van der Waals surface area contributed by atoms with E-state index < -0.39 is 0 Å². The molecule has 8 aromatic rings. The molecule has 3 aliphatic carbocycles. The average Bonchev–Trinajstić information content (AvgIpc) is 3.68. The van der Waals surface area contributed by atoms with E-state index in [2.05, 4.69) is 181 Å². The van der Waals surface area contributed by atoms with Gasteiger partial charge in [-0.15, -0.1) is 0 Å². The van der Waals surface area contributed by atoms with Crippen LogP contribution in [0.4, 0.5) is 17.1 Å². The summed E-state index contributed by atoms with van der Waals surface area (Å²) in [6.45, 7) is 5.08. The second kappa shape index (κ2) is 11.7. The summed E-state index contributed by atoms with van der Waals surface area (Å²) >= 11 is 0. The molecular formula is C51H44N2. The summed E-state index contributed by atoms with van der Waals surface area (Å²) in [6, 6.07) is 59.3. The van der Waals surface area contributed by atoms with Crippen LogP contribution in [0.5, 0.6) is 0 Å². The van der Waals surface area contributed by atoms with E-state index in [1.54, 1.807) is 11.1 Å². The number of fused-ring (bicyclic) bond motifs is 12. The SMILES string of the molecule is C[C@H]1C[C@@H]2C[C@H](C1)C1(c3ccccc3-c3ccc(N(c4ccc(-n5c6ccccc6c6ccccc65)cc4)c4cccc5ccccc45)cc31)[C@H](C)C2. The Morgan fingerprint density at radius 2 is 1.17 bits per heavy atom. The van der Waals surface area contributed by atoms with Crippen molar-refractivity contribution >= 4 is 49.6 Å². The molecule has 2 saturated carbocycles. The maximum atomic E-state index is 2.61. The first-order chi connectivity index (χ1) is 26.1. The lowest BCUT2D eigenvalue weighted by atomic mass is 9.49. The molecule has 2 nitrogen and oxygen atoms in total. The van der Waals surface area contributed by atoms with Gasteiger partial charge in [-0.05, 0) is 132 Å². The molecule has 0 saturated heterocycles. The van der Waals surface area contributed by atoms with Gasteiger partial charge in [0.15, 0.2) is 0 Å². The largest absolute Gasteiger partial charge is 0.310 e. The maximum Gasteiger partial charge on any atom is 0.0541 e. The summed E-state index contributed by atoms with van der Waals surface area (Å²) in [5.41, 5.74) is 13.3. The quantitative estimate of drug-likeness (QED) is 0.179. The van der Waals surface area contributed by atoms with Gasteiger partial charge in [-0.3, -0.25) is 0 Å². The molecule has 0 radical (unpaired) electrons. The van der Waals surface area contributed by atoms with Gasteiger partial charge < -0.3 is 9.47 Å². The molecule has 1 unspecified atom stereocenters. The fourth-order valence-electron chi connectivity index (χ4n) is 11.6. The van der Waals surface area contributed by atoms with Crippen molar-refractivity contribution in [3.8, 4) is 16.8 Å². The topological polar surface area (TPSA) is 8.17 Å². The molecule has 0 N–H and O–H groups in total. The number of anilines is 3. The fourth-order valence-corrected chi connectivity index (χ4v) is 11.6. The predicted octanol–water partition coefficient (Wildman–Crippen LogP) is 13.8. The average molecular weight is 685 g/mol. The van der Waals surface area contributed by atoms with Crippen molar-refractivity contribution in [2.45, 2.75) is 44.9 Å². The van der Waals surface area contributed by atoms with Crippen molar-refractivity contribution in [1.82, 2.24) is 4.57 Å². The van der Waals surface area contributed by atoms with Crippen LogP contribution in [0, 0.1) is 23.7 Å². The van der Waals surface area contributed by atoms with Gasteiger partial charge >= 0.3 is 0 Å². The highest BCUT2D eigenvalue weighted by Crippen LogP contribution is 2.65. The Kier molecular flexibility index (Phi) is 6.84. The van der Waals surface area contributed by atoms with Crippen LogP contribution < -0.4 is 4.90 Å². The van der Waals surface area contributed by atoms with Gasteiger partial charge in [-0.25, -0.2) is 0 Å². The first kappa shape index (κ1) is 31.0. The van der Waals surface area contributed by atoms with E-state index in [0.717, 1.165) is 11.8 Å². The molecule has 2 bridgehead atoms. The molecule has 1 spiro atoms. The smallest absolute Gasteiger partial charge is 0.0541 e. The van der Waals surface area contributed by atoms with Crippen LogP contribution >= 0.6 is 0 Å². The summed E-state index contributed by atoms with van der Waals surface area (Å²) in [7, 11) is 0. The number of nitrogens with zero attached hydrogens (tertiary/aromatic N) is 2. The van der Waals surface area contributed by atoms with Crippen LogP contribution in [-0.2, 0) is 5.41 Å². The van der Waals surface area contributed by atoms with Crippen LogP contribution in [0.2, 0.25) is 0 Å². The van der Waals surface area contributed by atoms with Crippen LogP contribution in [0.1, 0.15) is 50.7 Å². The molecule has 5 atom stereocenters. The molecule has 53 heavy (non-hydrogen) atoms. The molecule has 0 aliphatic heterocycles. The normalized spacial score (nSPS) is 23.1. The van der Waals surface area contributed by atoms with E-state index in [4.69, 9.17) is 0 Å². The van der Waals surface area contributed by atoms with E-state index in [0.29, 0.717) is 11.8 Å². The van der Waals surface area contributed by atoms with Crippen molar-refractivity contribution in [2.75, 3.05) is 4.90 Å². The van der Waals surface area contributed by atoms with E-state index in [-0.39, 0.29) is 5.41 Å². The molecule has 2 heteroatoms. The number of rotatable bonds is 4. The minimum atomic E-state index is 0.0396. The van der Waals surface area contributed by atoms with E-state index in [1.807, 2.05) is 0 Å². The third kappa shape index (κ3) is 4.45. The Morgan fingerprint density at radius 3 is 1.96 bits per heavy atom. The Morgan fingerprint density at radius 1 is 0.528 bits per heavy atom. The van der Waals surface area contributed by atoms with Gasteiger partial charge in [0.05, 0.1) is 16.7 Å². The van der Waals surface area contributed by atoms with E-state index in [1.165, 1.54) is 92.1 Å². The van der Waals surface area contributed by atoms with Crippen LogP contribution in [0.25, 0.3) is 49.4 Å². The lowest BCUT2D eigenvalue weighted by Gasteiger charge is -2.54. The molecule has 11 rings (SSSR count). The van der Waals surface area contributed by atoms with E-state index >= 15 is 0 Å². The van der Waals surface area contributed by atoms with Crippen LogP contribution in [0.3, 0.4) is 0 Å². The summed E-state index contributed by atoms with van der Waals surface area (Å²) in [5, 5.41) is 5.08. The van der Waals surface area contributed by atoms with Gasteiger partial charge in [-0.1, -0.05) is 117 Å². The molecule has 258 valence electrons.